The van der Waals surface area contributed by atoms with Crippen LogP contribution in [0.3, 0.4) is 0 Å². The van der Waals surface area contributed by atoms with Crippen molar-refractivity contribution in [2.24, 2.45) is 0 Å². The standard InChI is InChI=1S/2C21H27O3P.3C17H19O3P.C16H17O3P/c1-14-11-16(21(3,4)5)12-19(20(14)24-13-23-6)25-18-10-8-7-9-17(18)15(2)22;1-14-11-17(21(3,4)5)20(24-13-23-6)19(12-14)25-18-10-8-7-9-16(18)15(2)22;1-11-9-12(2)17(20-19-4)16(10-11)21-15-8-6-5-7-14(15)13(3)18;1-12-7-6-10-16(17(12)20-11-19-3)21-15-9-5-4-8-14(15)13(2)18;1-12-8-9-15(20-11-19-3)17(10-12)21-16-7-5-4-6-14(16)13(2)18;1-12(17)13-7-3-5-9-15(13)20-16-10-6-4-8-14(16)19-11-18-2/h2*7-12,25H,13H2,1-6H3;5-10,21H,1-4H3;2*4-10,21H,11H2,1-3H3;3-10,20H,11H2,1-2H3. The molecule has 0 aliphatic heterocycles. The van der Waals surface area contributed by atoms with Crippen LogP contribution in [0.15, 0.2) is 243 Å². The molecule has 0 aliphatic carbocycles. The van der Waals surface area contributed by atoms with Crippen LogP contribution in [0.4, 0.5) is 0 Å². The average Bonchev–Trinajstić information content (AvgIpc) is 0.794. The number of carbonyl (C=O) groups excluding carboxylic acids is 6. The third-order valence-corrected chi connectivity index (χ3v) is 28.2. The van der Waals surface area contributed by atoms with Crippen molar-refractivity contribution in [3.8, 4) is 34.5 Å². The highest BCUT2D eigenvalue weighted by Gasteiger charge is 2.26. The van der Waals surface area contributed by atoms with Crippen molar-refractivity contribution in [3.63, 3.8) is 0 Å². The van der Waals surface area contributed by atoms with Crippen LogP contribution in [0, 0.1) is 41.5 Å². The lowest BCUT2D eigenvalue weighted by atomic mass is 9.85. The van der Waals surface area contributed by atoms with Crippen LogP contribution >= 0.6 is 51.5 Å². The number of benzene rings is 12. The lowest BCUT2D eigenvalue weighted by Crippen LogP contribution is -2.21. The van der Waals surface area contributed by atoms with Crippen LogP contribution in [-0.4, -0.2) is 111 Å². The predicted molar refractivity (Wildman–Crippen MR) is 559 cm³/mol. The van der Waals surface area contributed by atoms with Gasteiger partial charge >= 0.3 is 0 Å². The van der Waals surface area contributed by atoms with Crippen molar-refractivity contribution in [1.29, 1.82) is 0 Å². The third kappa shape index (κ3) is 34.6. The Labute approximate surface area is 797 Å². The molecule has 0 N–H and O–H groups in total. The van der Waals surface area contributed by atoms with Gasteiger partial charge in [-0.25, -0.2) is 0 Å². The smallest absolute Gasteiger partial charge is 0.188 e. The van der Waals surface area contributed by atoms with E-state index in [9.17, 15) is 28.8 Å². The van der Waals surface area contributed by atoms with E-state index in [1.54, 1.807) is 77.1 Å². The summed E-state index contributed by atoms with van der Waals surface area (Å²) in [5.41, 5.74) is 13.8. The second kappa shape index (κ2) is 55.6. The minimum atomic E-state index is -0.0472. The maximum Gasteiger partial charge on any atom is 0.188 e. The van der Waals surface area contributed by atoms with E-state index in [2.05, 4.69) is 105 Å². The molecule has 0 spiro atoms. The van der Waals surface area contributed by atoms with Gasteiger partial charge in [0.25, 0.3) is 0 Å². The minimum absolute atomic E-state index is 0.0455. The van der Waals surface area contributed by atoms with Crippen LogP contribution in [0.2, 0.25) is 0 Å². The molecule has 18 nitrogen and oxygen atoms in total. The quantitative estimate of drug-likeness (QED) is 0.0119. The Kier molecular flexibility index (Phi) is 45.9. The molecule has 0 aliphatic rings. The van der Waals surface area contributed by atoms with E-state index in [-0.39, 0.29) is 79.5 Å². The Bertz CT molecular complexity index is 5780. The van der Waals surface area contributed by atoms with Gasteiger partial charge in [-0.15, -0.1) is 0 Å². The Hall–Kier alpha value is -10.2. The largest absolute Gasteiger partial charge is 0.467 e. The molecule has 133 heavy (non-hydrogen) atoms. The van der Waals surface area contributed by atoms with Crippen molar-refractivity contribution in [3.05, 3.63) is 321 Å². The second-order valence-corrected chi connectivity index (χ2v) is 41.1. The van der Waals surface area contributed by atoms with Gasteiger partial charge in [0, 0.05) is 106 Å². The number of methoxy groups -OCH3 is 5. The summed E-state index contributed by atoms with van der Waals surface area (Å²) in [7, 11) is 11.7. The van der Waals surface area contributed by atoms with Crippen LogP contribution in [0.25, 0.3) is 0 Å². The molecular weight excluding hydrogens is 1780 g/mol. The van der Waals surface area contributed by atoms with E-state index in [1.165, 1.54) is 29.4 Å². The first-order chi connectivity index (χ1) is 63.5. The Balaban J connectivity index is 0.000000218. The molecule has 0 heterocycles. The van der Waals surface area contributed by atoms with Gasteiger partial charge < -0.3 is 52.3 Å². The molecule has 12 aromatic carbocycles. The number of aryl methyl sites for hydroxylation is 6. The van der Waals surface area contributed by atoms with Crippen LogP contribution in [-0.2, 0) is 39.4 Å². The van der Waals surface area contributed by atoms with Crippen molar-refractivity contribution in [1.82, 2.24) is 0 Å². The number of hydrogen-bond acceptors (Lipinski definition) is 18. The van der Waals surface area contributed by atoms with Crippen molar-refractivity contribution in [2.75, 3.05) is 76.6 Å². The molecule has 24 heteroatoms. The number of ketones is 6. The fraction of sp³-hybridized carbons (Fsp3) is 0.284. The van der Waals surface area contributed by atoms with E-state index in [0.717, 1.165) is 154 Å². The average molecular weight is 1910 g/mol. The Morgan fingerprint density at radius 1 is 0.248 bits per heavy atom. The van der Waals surface area contributed by atoms with Crippen LogP contribution < -0.4 is 92.2 Å². The molecule has 12 rings (SSSR count). The number of Topliss-reactive ketones (excluding diaryl/α,β-unsaturated/α-hetero) is 6. The van der Waals surface area contributed by atoms with Crippen molar-refractivity contribution in [2.45, 2.75) is 135 Å². The third-order valence-electron chi connectivity index (χ3n) is 20.1. The maximum atomic E-state index is 12.0. The van der Waals surface area contributed by atoms with Crippen molar-refractivity contribution >= 4 is 150 Å². The number of ether oxygens (including phenoxy) is 10. The molecule has 0 saturated carbocycles. The molecule has 0 aromatic heterocycles. The van der Waals surface area contributed by atoms with E-state index in [4.69, 9.17) is 57.1 Å². The van der Waals surface area contributed by atoms with Crippen LogP contribution in [0.1, 0.15) is 190 Å². The van der Waals surface area contributed by atoms with Gasteiger partial charge in [0.1, 0.15) is 28.7 Å². The highest BCUT2D eigenvalue weighted by molar-refractivity contribution is 7.57. The molecule has 702 valence electrons. The van der Waals surface area contributed by atoms with E-state index >= 15 is 0 Å². The lowest BCUT2D eigenvalue weighted by molar-refractivity contribution is -0.177. The lowest BCUT2D eigenvalue weighted by Gasteiger charge is -2.26. The zero-order chi connectivity index (χ0) is 97.5. The monoisotopic (exact) mass is 1910 g/mol. The van der Waals surface area contributed by atoms with Gasteiger partial charge in [-0.1, -0.05) is 305 Å². The van der Waals surface area contributed by atoms with Gasteiger partial charge in [0.15, 0.2) is 74.4 Å². The number of rotatable bonds is 35. The first-order valence-corrected chi connectivity index (χ1v) is 49.2. The fourth-order valence-corrected chi connectivity index (χ4v) is 22.3. The zero-order valence-corrected chi connectivity index (χ0v) is 87.0. The number of para-hydroxylation sites is 2. The minimum Gasteiger partial charge on any atom is -0.467 e. The molecule has 0 saturated heterocycles. The van der Waals surface area contributed by atoms with E-state index in [1.807, 2.05) is 221 Å². The number of carbonyl (C=O) groups is 6. The molecule has 0 fully saturated rings. The summed E-state index contributed by atoms with van der Waals surface area (Å²) >= 11 is 0. The molecule has 0 bridgehead atoms. The Morgan fingerprint density at radius 2 is 0.541 bits per heavy atom. The van der Waals surface area contributed by atoms with Crippen LogP contribution in [0.5, 0.6) is 34.5 Å². The number of hydrogen-bond donors (Lipinski definition) is 0. The molecule has 6 atom stereocenters. The molecular formula is C109H128O18P6. The van der Waals surface area contributed by atoms with Crippen molar-refractivity contribution < 1.29 is 85.9 Å². The molecule has 0 radical (unpaired) electrons. The topological polar surface area (TPSA) is 213 Å². The highest BCUT2D eigenvalue weighted by Crippen LogP contribution is 2.37. The van der Waals surface area contributed by atoms with Gasteiger partial charge in [-0.05, 0) is 196 Å². The summed E-state index contributed by atoms with van der Waals surface area (Å²) in [6.45, 7) is 36.1. The van der Waals surface area contributed by atoms with Gasteiger partial charge in [0.05, 0.1) is 7.11 Å². The van der Waals surface area contributed by atoms with E-state index in [0.29, 0.717) is 51.5 Å². The summed E-state index contributed by atoms with van der Waals surface area (Å²) in [5, 5.41) is 12.7. The highest BCUT2D eigenvalue weighted by atomic mass is 31.1. The van der Waals surface area contributed by atoms with Gasteiger partial charge in [-0.3, -0.25) is 28.8 Å². The summed E-state index contributed by atoms with van der Waals surface area (Å²) < 4.78 is 53.8. The predicted octanol–water partition coefficient (Wildman–Crippen LogP) is 19.4. The summed E-state index contributed by atoms with van der Waals surface area (Å²) in [6.07, 6.45) is 0. The molecule has 0 amide bonds. The SMILES string of the molecule is COCOc1c(C)cc(C(C)(C)C)cc1Pc1ccccc1C(C)=O.COCOc1c(C)cccc1Pc1ccccc1C(C)=O.COCOc1c(Pc2ccccc2C(C)=O)cc(C)cc1C(C)(C)C.COCOc1ccc(C)cc1Pc1ccccc1C(C)=O.COCOc1ccccc1Pc1ccccc1C(C)=O.COOc1c(C)cc(C)cc1Pc1ccccc1C(C)=O. The first-order valence-electron chi connectivity index (χ1n) is 43.2. The van der Waals surface area contributed by atoms with E-state index < -0.39 is 0 Å². The zero-order valence-electron chi connectivity index (χ0n) is 81.0. The summed E-state index contributed by atoms with van der Waals surface area (Å²) in [6, 6.07) is 79.2. The maximum absolute atomic E-state index is 12.0. The Morgan fingerprint density at radius 3 is 0.917 bits per heavy atom. The molecule has 6 unspecified atom stereocenters. The molecule has 12 aromatic rings. The summed E-state index contributed by atoms with van der Waals surface area (Å²) in [5.74, 6) is 5.43. The summed E-state index contributed by atoms with van der Waals surface area (Å²) in [4.78, 5) is 81.0. The second-order valence-electron chi connectivity index (χ2n) is 33.1. The first kappa shape index (κ1) is 110. The van der Waals surface area contributed by atoms with Gasteiger partial charge in [0.2, 0.25) is 0 Å². The van der Waals surface area contributed by atoms with Gasteiger partial charge in [-0.2, -0.15) is 4.89 Å². The normalized spacial score (nSPS) is 11.3. The fourth-order valence-electron chi connectivity index (χ4n) is 13.7.